The van der Waals surface area contributed by atoms with E-state index < -0.39 is 11.7 Å². The van der Waals surface area contributed by atoms with Crippen molar-refractivity contribution < 1.29 is 13.9 Å². The third kappa shape index (κ3) is 4.53. The largest absolute Gasteiger partial charge is 0.385 e. The predicted molar refractivity (Wildman–Crippen MR) is 83.6 cm³/mol. The number of nitrogens with zero attached hydrogens (tertiary/aromatic N) is 1. The maximum atomic E-state index is 13.5. The molecular weight excluding hydrogens is 285 g/mol. The molecule has 1 heterocycles. The second-order valence-corrected chi connectivity index (χ2v) is 4.64. The molecule has 0 aliphatic heterocycles. The molecule has 5 nitrogen and oxygen atoms in total. The molecule has 0 fully saturated rings. The second-order valence-electron chi connectivity index (χ2n) is 4.64. The van der Waals surface area contributed by atoms with Gasteiger partial charge < -0.3 is 15.4 Å². The van der Waals surface area contributed by atoms with Gasteiger partial charge in [-0.15, -0.1) is 0 Å². The van der Waals surface area contributed by atoms with Gasteiger partial charge in [-0.25, -0.2) is 9.37 Å². The van der Waals surface area contributed by atoms with Crippen molar-refractivity contribution in [1.82, 2.24) is 4.98 Å². The number of hydrogen-bond acceptors (Lipinski definition) is 4. The van der Waals surface area contributed by atoms with Gasteiger partial charge in [-0.05, 0) is 30.7 Å². The Morgan fingerprint density at radius 3 is 2.77 bits per heavy atom. The van der Waals surface area contributed by atoms with E-state index in [0.29, 0.717) is 18.1 Å². The molecule has 6 heteroatoms. The van der Waals surface area contributed by atoms with Crippen molar-refractivity contribution in [3.63, 3.8) is 0 Å². The molecule has 0 radical (unpaired) electrons. The van der Waals surface area contributed by atoms with Crippen LogP contribution >= 0.6 is 0 Å². The van der Waals surface area contributed by atoms with Crippen LogP contribution < -0.4 is 10.6 Å². The number of rotatable bonds is 7. The van der Waals surface area contributed by atoms with Crippen LogP contribution in [-0.2, 0) is 4.74 Å². The Bertz CT molecular complexity index is 617. The summed E-state index contributed by atoms with van der Waals surface area (Å²) in [6.45, 7) is 1.44. The first kappa shape index (κ1) is 15.9. The third-order valence-corrected chi connectivity index (χ3v) is 2.97. The van der Waals surface area contributed by atoms with E-state index in [4.69, 9.17) is 4.74 Å². The molecule has 0 atom stereocenters. The average molecular weight is 303 g/mol. The van der Waals surface area contributed by atoms with Gasteiger partial charge in [0.2, 0.25) is 0 Å². The minimum absolute atomic E-state index is 0.00395. The summed E-state index contributed by atoms with van der Waals surface area (Å²) in [5.74, 6) is -0.343. The van der Waals surface area contributed by atoms with E-state index in [1.54, 1.807) is 25.3 Å². The summed E-state index contributed by atoms with van der Waals surface area (Å²) in [6, 6.07) is 9.30. The minimum atomic E-state index is -0.551. The van der Waals surface area contributed by atoms with Gasteiger partial charge in [0.05, 0.1) is 17.4 Å². The fourth-order valence-electron chi connectivity index (χ4n) is 1.85. The lowest BCUT2D eigenvalue weighted by atomic mass is 10.2. The maximum absolute atomic E-state index is 13.5. The van der Waals surface area contributed by atoms with Gasteiger partial charge in [0.25, 0.3) is 5.91 Å². The van der Waals surface area contributed by atoms with Crippen molar-refractivity contribution in [2.45, 2.75) is 6.42 Å². The van der Waals surface area contributed by atoms with Gasteiger partial charge >= 0.3 is 0 Å². The summed E-state index contributed by atoms with van der Waals surface area (Å²) in [7, 11) is 1.66. The lowest BCUT2D eigenvalue weighted by molar-refractivity contribution is 0.102. The topological polar surface area (TPSA) is 63.2 Å². The summed E-state index contributed by atoms with van der Waals surface area (Å²) < 4.78 is 18.5. The fraction of sp³-hybridized carbons (Fsp3) is 0.250. The molecule has 22 heavy (non-hydrogen) atoms. The molecule has 0 aliphatic rings. The first-order valence-corrected chi connectivity index (χ1v) is 6.95. The summed E-state index contributed by atoms with van der Waals surface area (Å²) >= 11 is 0. The predicted octanol–water partition coefficient (Wildman–Crippen LogP) is 2.92. The Balaban J connectivity index is 1.91. The van der Waals surface area contributed by atoms with Crippen molar-refractivity contribution in [3.05, 3.63) is 54.0 Å². The number of hydrogen-bond donors (Lipinski definition) is 2. The zero-order chi connectivity index (χ0) is 15.8. The van der Waals surface area contributed by atoms with E-state index in [1.165, 1.54) is 24.4 Å². The molecule has 2 rings (SSSR count). The van der Waals surface area contributed by atoms with Crippen molar-refractivity contribution in [2.75, 3.05) is 30.9 Å². The van der Waals surface area contributed by atoms with Gasteiger partial charge in [-0.1, -0.05) is 12.1 Å². The van der Waals surface area contributed by atoms with Crippen LogP contribution in [0.25, 0.3) is 0 Å². The number of nitrogens with one attached hydrogen (secondary N) is 2. The Hall–Kier alpha value is -2.47. The van der Waals surface area contributed by atoms with E-state index >= 15 is 0 Å². The van der Waals surface area contributed by atoms with Crippen molar-refractivity contribution in [1.29, 1.82) is 0 Å². The van der Waals surface area contributed by atoms with Gasteiger partial charge in [-0.3, -0.25) is 4.79 Å². The molecule has 0 saturated carbocycles. The summed E-state index contributed by atoms with van der Waals surface area (Å²) in [5, 5.41) is 5.75. The van der Waals surface area contributed by atoms with Crippen LogP contribution in [0, 0.1) is 5.82 Å². The molecule has 0 unspecified atom stereocenters. The molecule has 0 aliphatic carbocycles. The number of aromatic nitrogens is 1. The van der Waals surface area contributed by atoms with Gasteiger partial charge in [0.1, 0.15) is 11.6 Å². The lowest BCUT2D eigenvalue weighted by Crippen LogP contribution is -2.14. The van der Waals surface area contributed by atoms with E-state index in [1.807, 2.05) is 0 Å². The van der Waals surface area contributed by atoms with Gasteiger partial charge in [0.15, 0.2) is 0 Å². The Labute approximate surface area is 128 Å². The third-order valence-electron chi connectivity index (χ3n) is 2.97. The highest BCUT2D eigenvalue weighted by Crippen LogP contribution is 2.13. The zero-order valence-electron chi connectivity index (χ0n) is 12.3. The van der Waals surface area contributed by atoms with Crippen molar-refractivity contribution >= 4 is 17.4 Å². The summed E-state index contributed by atoms with van der Waals surface area (Å²) in [5.41, 5.74) is 0.514. The lowest BCUT2D eigenvalue weighted by Gasteiger charge is -2.08. The number of amides is 1. The number of carbonyl (C=O) groups excluding carboxylic acids is 1. The van der Waals surface area contributed by atoms with Crippen LogP contribution in [0.5, 0.6) is 0 Å². The number of pyridine rings is 1. The van der Waals surface area contributed by atoms with Crippen LogP contribution in [0.15, 0.2) is 42.6 Å². The SMILES string of the molecule is COCCCNc1ccc(NC(=O)c2ccccc2F)cn1. The zero-order valence-corrected chi connectivity index (χ0v) is 12.3. The highest BCUT2D eigenvalue weighted by atomic mass is 19.1. The van der Waals surface area contributed by atoms with Crippen molar-refractivity contribution in [2.24, 2.45) is 0 Å². The number of anilines is 2. The molecule has 0 bridgehead atoms. The van der Waals surface area contributed by atoms with E-state index in [-0.39, 0.29) is 5.56 Å². The summed E-state index contributed by atoms with van der Waals surface area (Å²) in [6.07, 6.45) is 2.40. The molecule has 2 aromatic rings. The average Bonchev–Trinajstić information content (AvgIpc) is 2.53. The molecule has 116 valence electrons. The summed E-state index contributed by atoms with van der Waals surface area (Å²) in [4.78, 5) is 16.1. The van der Waals surface area contributed by atoms with Crippen molar-refractivity contribution in [3.8, 4) is 0 Å². The molecule has 1 aromatic carbocycles. The van der Waals surface area contributed by atoms with Crippen LogP contribution in [0.4, 0.5) is 15.9 Å². The van der Waals surface area contributed by atoms with E-state index in [9.17, 15) is 9.18 Å². The number of carbonyl (C=O) groups is 1. The first-order chi connectivity index (χ1) is 10.7. The van der Waals surface area contributed by atoms with Gasteiger partial charge in [-0.2, -0.15) is 0 Å². The molecular formula is C16H18FN3O2. The maximum Gasteiger partial charge on any atom is 0.258 e. The van der Waals surface area contributed by atoms with Crippen LogP contribution in [0.2, 0.25) is 0 Å². The fourth-order valence-corrected chi connectivity index (χ4v) is 1.85. The standard InChI is InChI=1S/C16H18FN3O2/c1-22-10-4-9-18-15-8-7-12(11-19-15)20-16(21)13-5-2-3-6-14(13)17/h2-3,5-8,11H,4,9-10H2,1H3,(H,18,19)(H,20,21). The molecule has 2 N–H and O–H groups in total. The molecule has 0 saturated heterocycles. The minimum Gasteiger partial charge on any atom is -0.385 e. The highest BCUT2D eigenvalue weighted by molar-refractivity contribution is 6.04. The Morgan fingerprint density at radius 2 is 2.09 bits per heavy atom. The number of ether oxygens (including phenoxy) is 1. The van der Waals surface area contributed by atoms with Crippen LogP contribution in [0.3, 0.4) is 0 Å². The number of halogens is 1. The van der Waals surface area contributed by atoms with Crippen LogP contribution in [0.1, 0.15) is 16.8 Å². The highest BCUT2D eigenvalue weighted by Gasteiger charge is 2.10. The Kier molecular flexibility index (Phi) is 5.85. The first-order valence-electron chi connectivity index (χ1n) is 6.95. The molecule has 1 amide bonds. The number of benzene rings is 1. The van der Waals surface area contributed by atoms with E-state index in [0.717, 1.165) is 13.0 Å². The second kappa shape index (κ2) is 8.09. The van der Waals surface area contributed by atoms with E-state index in [2.05, 4.69) is 15.6 Å². The monoisotopic (exact) mass is 303 g/mol. The molecule has 1 aromatic heterocycles. The smallest absolute Gasteiger partial charge is 0.258 e. The quantitative estimate of drug-likeness (QED) is 0.772. The normalized spacial score (nSPS) is 10.3. The van der Waals surface area contributed by atoms with Gasteiger partial charge in [0, 0.05) is 20.3 Å². The molecule has 0 spiro atoms. The number of methoxy groups -OCH3 is 1. The Morgan fingerprint density at radius 1 is 1.27 bits per heavy atom. The van der Waals surface area contributed by atoms with Crippen LogP contribution in [-0.4, -0.2) is 31.2 Å².